The van der Waals surface area contributed by atoms with Gasteiger partial charge >= 0.3 is 5.97 Å². The molecule has 0 fully saturated rings. The van der Waals surface area contributed by atoms with Gasteiger partial charge in [0.05, 0.1) is 0 Å². The van der Waals surface area contributed by atoms with E-state index < -0.39 is 17.9 Å². The van der Waals surface area contributed by atoms with E-state index in [1.54, 1.807) is 12.1 Å². The van der Waals surface area contributed by atoms with E-state index >= 15 is 0 Å². The number of benzene rings is 1. The first kappa shape index (κ1) is 16.4. The number of hydrogen-bond donors (Lipinski definition) is 1. The first-order valence-corrected chi connectivity index (χ1v) is 8.23. The van der Waals surface area contributed by atoms with Crippen molar-refractivity contribution in [1.82, 2.24) is 4.98 Å². The number of amides is 1. The number of pyridine rings is 1. The number of anilines is 1. The second-order valence-corrected chi connectivity index (χ2v) is 6.20. The van der Waals surface area contributed by atoms with Crippen LogP contribution in [-0.2, 0) is 16.0 Å². The van der Waals surface area contributed by atoms with Crippen molar-refractivity contribution in [2.24, 2.45) is 0 Å². The Kier molecular flexibility index (Phi) is 4.80. The molecular formula is C17H15BrN2O4. The highest BCUT2D eigenvalue weighted by molar-refractivity contribution is 9.10. The smallest absolute Gasteiger partial charge is 0.326 e. The highest BCUT2D eigenvalue weighted by atomic mass is 79.9. The lowest BCUT2D eigenvalue weighted by Crippen LogP contribution is -2.50. The molecule has 7 heteroatoms. The van der Waals surface area contributed by atoms with E-state index in [9.17, 15) is 14.7 Å². The van der Waals surface area contributed by atoms with E-state index in [0.29, 0.717) is 23.2 Å². The van der Waals surface area contributed by atoms with Crippen molar-refractivity contribution in [2.45, 2.75) is 18.9 Å². The van der Waals surface area contributed by atoms with Crippen LogP contribution < -0.4 is 9.64 Å². The van der Waals surface area contributed by atoms with Crippen LogP contribution in [0.4, 0.5) is 5.82 Å². The molecule has 0 saturated heterocycles. The molecule has 1 atom stereocenters. The van der Waals surface area contributed by atoms with Crippen molar-refractivity contribution in [3.8, 4) is 5.75 Å². The molecule has 0 aliphatic carbocycles. The molecule has 0 saturated carbocycles. The predicted octanol–water partition coefficient (Wildman–Crippen LogP) is 2.66. The fourth-order valence-corrected chi connectivity index (χ4v) is 2.96. The molecule has 1 amide bonds. The summed E-state index contributed by atoms with van der Waals surface area (Å²) < 4.78 is 5.86. The maximum Gasteiger partial charge on any atom is 0.326 e. The molecular weight excluding hydrogens is 376 g/mol. The lowest BCUT2D eigenvalue weighted by molar-refractivity contribution is -0.140. The summed E-state index contributed by atoms with van der Waals surface area (Å²) in [6, 6.07) is 11.9. The Morgan fingerprint density at radius 3 is 2.75 bits per heavy atom. The zero-order valence-corrected chi connectivity index (χ0v) is 14.3. The maximum absolute atomic E-state index is 12.3. The maximum atomic E-state index is 12.3. The van der Waals surface area contributed by atoms with Crippen molar-refractivity contribution in [2.75, 3.05) is 11.5 Å². The largest absolute Gasteiger partial charge is 0.480 e. The van der Waals surface area contributed by atoms with Crippen molar-refractivity contribution in [3.05, 3.63) is 52.6 Å². The lowest BCUT2D eigenvalue weighted by Gasteiger charge is -2.32. The number of nitrogens with zero attached hydrogens (tertiary/aromatic N) is 2. The van der Waals surface area contributed by atoms with Crippen LogP contribution in [0.15, 0.2) is 47.1 Å². The topological polar surface area (TPSA) is 79.7 Å². The monoisotopic (exact) mass is 390 g/mol. The molecule has 1 aromatic heterocycles. The summed E-state index contributed by atoms with van der Waals surface area (Å²) in [5, 5.41) is 9.64. The Bertz CT molecular complexity index is 766. The molecule has 124 valence electrons. The molecule has 1 N–H and O–H groups in total. The van der Waals surface area contributed by atoms with Gasteiger partial charge in [-0.3, -0.25) is 9.69 Å². The highest BCUT2D eigenvalue weighted by Gasteiger charge is 2.36. The summed E-state index contributed by atoms with van der Waals surface area (Å²) >= 11 is 3.25. The van der Waals surface area contributed by atoms with Gasteiger partial charge in [-0.05, 0) is 46.5 Å². The van der Waals surface area contributed by atoms with Crippen molar-refractivity contribution >= 4 is 33.6 Å². The Morgan fingerprint density at radius 1 is 1.29 bits per heavy atom. The molecule has 3 rings (SSSR count). The summed E-state index contributed by atoms with van der Waals surface area (Å²) in [6.07, 6.45) is 0.838. The zero-order valence-electron chi connectivity index (χ0n) is 12.7. The van der Waals surface area contributed by atoms with Gasteiger partial charge in [0.25, 0.3) is 5.91 Å². The quantitative estimate of drug-likeness (QED) is 0.793. The number of hydrogen-bond acceptors (Lipinski definition) is 4. The first-order valence-electron chi connectivity index (χ1n) is 7.44. The SMILES string of the molecule is O=C(O)C(CCc1ccccc1)N1C(=O)COc2ccc(Br)nc21. The van der Waals surface area contributed by atoms with E-state index in [-0.39, 0.29) is 12.4 Å². The number of rotatable bonds is 5. The number of halogens is 1. The normalized spacial score (nSPS) is 14.7. The van der Waals surface area contributed by atoms with Crippen LogP contribution in [0.25, 0.3) is 0 Å². The lowest BCUT2D eigenvalue weighted by atomic mass is 10.0. The first-order chi connectivity index (χ1) is 11.6. The second-order valence-electron chi connectivity index (χ2n) is 5.39. The Hall–Kier alpha value is -2.41. The molecule has 0 radical (unpaired) electrons. The van der Waals surface area contributed by atoms with Crippen LogP contribution in [0.3, 0.4) is 0 Å². The van der Waals surface area contributed by atoms with Crippen LogP contribution in [-0.4, -0.2) is 34.6 Å². The van der Waals surface area contributed by atoms with Gasteiger partial charge in [0.2, 0.25) is 0 Å². The van der Waals surface area contributed by atoms with Gasteiger partial charge in [-0.2, -0.15) is 0 Å². The molecule has 6 nitrogen and oxygen atoms in total. The second kappa shape index (κ2) is 7.00. The van der Waals surface area contributed by atoms with Crippen molar-refractivity contribution in [1.29, 1.82) is 0 Å². The third kappa shape index (κ3) is 3.41. The van der Waals surface area contributed by atoms with Gasteiger partial charge in [0, 0.05) is 0 Å². The number of carboxylic acid groups (broad SMARTS) is 1. The van der Waals surface area contributed by atoms with E-state index in [1.165, 1.54) is 4.90 Å². The highest BCUT2D eigenvalue weighted by Crippen LogP contribution is 2.33. The summed E-state index contributed by atoms with van der Waals surface area (Å²) in [5.41, 5.74) is 1.02. The number of carbonyl (C=O) groups excluding carboxylic acids is 1. The van der Waals surface area contributed by atoms with E-state index in [2.05, 4.69) is 20.9 Å². The van der Waals surface area contributed by atoms with Crippen LogP contribution in [0, 0.1) is 0 Å². The van der Waals surface area contributed by atoms with Gasteiger partial charge in [0.15, 0.2) is 18.2 Å². The molecule has 1 aromatic carbocycles. The van der Waals surface area contributed by atoms with E-state index in [4.69, 9.17) is 4.74 Å². The third-order valence-corrected chi connectivity index (χ3v) is 4.24. The summed E-state index contributed by atoms with van der Waals surface area (Å²) in [4.78, 5) is 29.6. The average Bonchev–Trinajstić information content (AvgIpc) is 2.57. The summed E-state index contributed by atoms with van der Waals surface area (Å²) in [7, 11) is 0. The van der Waals surface area contributed by atoms with Gasteiger partial charge < -0.3 is 9.84 Å². The number of aromatic nitrogens is 1. The fourth-order valence-electron chi connectivity index (χ4n) is 2.66. The van der Waals surface area contributed by atoms with Crippen molar-refractivity contribution in [3.63, 3.8) is 0 Å². The van der Waals surface area contributed by atoms with Crippen LogP contribution in [0.5, 0.6) is 5.75 Å². The van der Waals surface area contributed by atoms with Gasteiger partial charge in [-0.15, -0.1) is 0 Å². The number of aliphatic carboxylic acids is 1. The van der Waals surface area contributed by atoms with Crippen molar-refractivity contribution < 1.29 is 19.4 Å². The Labute approximate surface area is 147 Å². The molecule has 2 heterocycles. The third-order valence-electron chi connectivity index (χ3n) is 3.80. The standard InChI is InChI=1S/C17H15BrN2O4/c18-14-9-8-13-16(19-14)20(15(21)10-24-13)12(17(22)23)7-6-11-4-2-1-3-5-11/h1-5,8-9,12H,6-7,10H2,(H,22,23). The molecule has 0 bridgehead atoms. The summed E-state index contributed by atoms with van der Waals surface area (Å²) in [5.74, 6) is -0.827. The van der Waals surface area contributed by atoms with Gasteiger partial charge in [-0.1, -0.05) is 30.3 Å². The predicted molar refractivity (Wildman–Crippen MR) is 91.1 cm³/mol. The minimum absolute atomic E-state index is 0.189. The van der Waals surface area contributed by atoms with Crippen LogP contribution >= 0.6 is 15.9 Å². The Morgan fingerprint density at radius 2 is 2.04 bits per heavy atom. The number of ether oxygens (including phenoxy) is 1. The fraction of sp³-hybridized carbons (Fsp3) is 0.235. The molecule has 1 aliphatic rings. The zero-order chi connectivity index (χ0) is 17.1. The molecule has 0 spiro atoms. The molecule has 24 heavy (non-hydrogen) atoms. The number of carboxylic acids is 1. The molecule has 1 unspecified atom stereocenters. The minimum atomic E-state index is -1.06. The number of carbonyl (C=O) groups is 2. The average molecular weight is 391 g/mol. The summed E-state index contributed by atoms with van der Waals surface area (Å²) in [6.45, 7) is -0.189. The molecule has 1 aliphatic heterocycles. The van der Waals surface area contributed by atoms with Gasteiger partial charge in [0.1, 0.15) is 10.6 Å². The minimum Gasteiger partial charge on any atom is -0.480 e. The van der Waals surface area contributed by atoms with Crippen LogP contribution in [0.2, 0.25) is 0 Å². The Balaban J connectivity index is 1.89. The number of aryl methyl sites for hydroxylation is 1. The van der Waals surface area contributed by atoms with Gasteiger partial charge in [-0.25, -0.2) is 9.78 Å². The van der Waals surface area contributed by atoms with E-state index in [0.717, 1.165) is 5.56 Å². The number of fused-ring (bicyclic) bond motifs is 1. The van der Waals surface area contributed by atoms with Crippen LogP contribution in [0.1, 0.15) is 12.0 Å². The molecule has 2 aromatic rings. The van der Waals surface area contributed by atoms with E-state index in [1.807, 2.05) is 30.3 Å².